The van der Waals surface area contributed by atoms with E-state index in [2.05, 4.69) is 42.7 Å². The molecular formula is C21H28N2O2S. The monoisotopic (exact) mass is 372 g/mol. The Balaban J connectivity index is 1.96. The lowest BCUT2D eigenvalue weighted by Gasteiger charge is -2.17. The third-order valence-electron chi connectivity index (χ3n) is 4.35. The van der Waals surface area contributed by atoms with Crippen molar-refractivity contribution >= 4 is 23.0 Å². The Hall–Kier alpha value is -2.27. The molecule has 0 aliphatic carbocycles. The van der Waals surface area contributed by atoms with Crippen LogP contribution in [0.1, 0.15) is 30.5 Å². The lowest BCUT2D eigenvalue weighted by Crippen LogP contribution is -2.31. The van der Waals surface area contributed by atoms with Crippen LogP contribution in [0, 0.1) is 0 Å². The molecule has 0 heterocycles. The van der Waals surface area contributed by atoms with E-state index < -0.39 is 0 Å². The number of aryl methyl sites for hydroxylation is 2. The van der Waals surface area contributed by atoms with Gasteiger partial charge < -0.3 is 20.1 Å². The van der Waals surface area contributed by atoms with Crippen molar-refractivity contribution in [3.05, 3.63) is 53.1 Å². The highest BCUT2D eigenvalue weighted by atomic mass is 32.1. The number of thiocarbonyl (C=S) groups is 1. The van der Waals surface area contributed by atoms with Gasteiger partial charge >= 0.3 is 0 Å². The van der Waals surface area contributed by atoms with Crippen molar-refractivity contribution in [3.8, 4) is 11.5 Å². The number of para-hydroxylation sites is 1. The molecule has 0 aliphatic heterocycles. The first-order chi connectivity index (χ1) is 12.6. The molecule has 0 saturated heterocycles. The van der Waals surface area contributed by atoms with Gasteiger partial charge in [-0.05, 0) is 60.3 Å². The zero-order valence-corrected chi connectivity index (χ0v) is 16.8. The lowest BCUT2D eigenvalue weighted by atomic mass is 10.0. The first-order valence-corrected chi connectivity index (χ1v) is 9.39. The molecule has 5 heteroatoms. The van der Waals surface area contributed by atoms with Gasteiger partial charge in [-0.25, -0.2) is 0 Å². The van der Waals surface area contributed by atoms with E-state index in [0.29, 0.717) is 5.11 Å². The maximum absolute atomic E-state index is 5.49. The van der Waals surface area contributed by atoms with Crippen LogP contribution in [-0.4, -0.2) is 25.9 Å². The molecule has 0 bridgehead atoms. The van der Waals surface area contributed by atoms with E-state index in [0.717, 1.165) is 48.6 Å². The van der Waals surface area contributed by atoms with Gasteiger partial charge in [0.2, 0.25) is 0 Å². The van der Waals surface area contributed by atoms with Gasteiger partial charge in [-0.3, -0.25) is 0 Å². The number of benzene rings is 2. The standard InChI is InChI=1S/C21H28N2O2S/c1-5-16-8-7-9-17(6-2)20(16)23-21(26)22-11-10-15-12-18(24-3)14-19(13-15)25-4/h7-9,12-14H,5-6,10-11H2,1-4H3,(H2,22,23,26). The molecule has 26 heavy (non-hydrogen) atoms. The normalized spacial score (nSPS) is 10.3. The minimum atomic E-state index is 0.649. The number of ether oxygens (including phenoxy) is 2. The second-order valence-electron chi connectivity index (χ2n) is 6.01. The van der Waals surface area contributed by atoms with Gasteiger partial charge in [0.25, 0.3) is 0 Å². The summed E-state index contributed by atoms with van der Waals surface area (Å²) >= 11 is 5.49. The van der Waals surface area contributed by atoms with Crippen LogP contribution in [0.25, 0.3) is 0 Å². The van der Waals surface area contributed by atoms with Crippen LogP contribution in [0.3, 0.4) is 0 Å². The van der Waals surface area contributed by atoms with Gasteiger partial charge in [0.1, 0.15) is 11.5 Å². The van der Waals surface area contributed by atoms with E-state index in [-0.39, 0.29) is 0 Å². The van der Waals surface area contributed by atoms with Gasteiger partial charge in [-0.15, -0.1) is 0 Å². The molecule has 0 unspecified atom stereocenters. The smallest absolute Gasteiger partial charge is 0.170 e. The summed E-state index contributed by atoms with van der Waals surface area (Å²) in [6.07, 6.45) is 2.77. The lowest BCUT2D eigenvalue weighted by molar-refractivity contribution is 0.393. The second-order valence-corrected chi connectivity index (χ2v) is 6.42. The van der Waals surface area contributed by atoms with Crippen LogP contribution in [0.5, 0.6) is 11.5 Å². The zero-order valence-electron chi connectivity index (χ0n) is 16.0. The van der Waals surface area contributed by atoms with Gasteiger partial charge in [-0.1, -0.05) is 32.0 Å². The van der Waals surface area contributed by atoms with Crippen LogP contribution in [-0.2, 0) is 19.3 Å². The molecule has 0 spiro atoms. The Morgan fingerprint density at radius 3 is 2.04 bits per heavy atom. The molecule has 0 aromatic heterocycles. The summed E-state index contributed by atoms with van der Waals surface area (Å²) in [4.78, 5) is 0. The Morgan fingerprint density at radius 1 is 0.962 bits per heavy atom. The quantitative estimate of drug-likeness (QED) is 0.674. The molecule has 2 N–H and O–H groups in total. The predicted molar refractivity (Wildman–Crippen MR) is 113 cm³/mol. The van der Waals surface area contributed by atoms with E-state index >= 15 is 0 Å². The van der Waals surface area contributed by atoms with Crippen molar-refractivity contribution in [2.24, 2.45) is 0 Å². The molecule has 0 fully saturated rings. The van der Waals surface area contributed by atoms with Gasteiger partial charge in [0.15, 0.2) is 5.11 Å². The summed E-state index contributed by atoms with van der Waals surface area (Å²) in [5.74, 6) is 1.59. The van der Waals surface area contributed by atoms with Crippen LogP contribution in [0.15, 0.2) is 36.4 Å². The Labute approximate surface area is 161 Å². The first-order valence-electron chi connectivity index (χ1n) is 8.98. The Kier molecular flexibility index (Phi) is 7.73. The van der Waals surface area contributed by atoms with Crippen LogP contribution in [0.2, 0.25) is 0 Å². The Morgan fingerprint density at radius 2 is 1.54 bits per heavy atom. The van der Waals surface area contributed by atoms with Gasteiger partial charge in [0, 0.05) is 18.3 Å². The molecule has 0 amide bonds. The minimum Gasteiger partial charge on any atom is -0.497 e. The molecule has 0 aliphatic rings. The summed E-state index contributed by atoms with van der Waals surface area (Å²) in [5.41, 5.74) is 4.84. The average molecular weight is 373 g/mol. The third kappa shape index (κ3) is 5.36. The fourth-order valence-corrected chi connectivity index (χ4v) is 3.10. The van der Waals surface area contributed by atoms with E-state index in [1.807, 2.05) is 18.2 Å². The second kappa shape index (κ2) is 10.0. The first kappa shape index (κ1) is 20.0. The maximum atomic E-state index is 5.49. The van der Waals surface area contributed by atoms with Crippen molar-refractivity contribution in [2.45, 2.75) is 33.1 Å². The highest BCUT2D eigenvalue weighted by molar-refractivity contribution is 7.80. The van der Waals surface area contributed by atoms with Gasteiger partial charge in [-0.2, -0.15) is 0 Å². The predicted octanol–water partition coefficient (Wildman–Crippen LogP) is 4.36. The van der Waals surface area contributed by atoms with Crippen LogP contribution < -0.4 is 20.1 Å². The van der Waals surface area contributed by atoms with Crippen molar-refractivity contribution in [2.75, 3.05) is 26.1 Å². The molecule has 0 radical (unpaired) electrons. The van der Waals surface area contributed by atoms with E-state index in [1.165, 1.54) is 11.1 Å². The highest BCUT2D eigenvalue weighted by Crippen LogP contribution is 2.23. The van der Waals surface area contributed by atoms with Crippen molar-refractivity contribution in [1.29, 1.82) is 0 Å². The van der Waals surface area contributed by atoms with Crippen molar-refractivity contribution in [1.82, 2.24) is 5.32 Å². The van der Waals surface area contributed by atoms with Gasteiger partial charge in [0.05, 0.1) is 14.2 Å². The number of hydrogen-bond donors (Lipinski definition) is 2. The zero-order chi connectivity index (χ0) is 18.9. The van der Waals surface area contributed by atoms with E-state index in [9.17, 15) is 0 Å². The summed E-state index contributed by atoms with van der Waals surface area (Å²) in [6.45, 7) is 5.05. The maximum Gasteiger partial charge on any atom is 0.170 e. The molecule has 2 aromatic carbocycles. The number of rotatable bonds is 8. The topological polar surface area (TPSA) is 42.5 Å². The third-order valence-corrected chi connectivity index (χ3v) is 4.59. The van der Waals surface area contributed by atoms with Crippen molar-refractivity contribution < 1.29 is 9.47 Å². The summed E-state index contributed by atoms with van der Waals surface area (Å²) in [7, 11) is 3.32. The highest BCUT2D eigenvalue weighted by Gasteiger charge is 2.08. The fraction of sp³-hybridized carbons (Fsp3) is 0.381. The number of hydrogen-bond acceptors (Lipinski definition) is 3. The van der Waals surface area contributed by atoms with Crippen LogP contribution in [0.4, 0.5) is 5.69 Å². The largest absolute Gasteiger partial charge is 0.497 e. The molecular weight excluding hydrogens is 344 g/mol. The summed E-state index contributed by atoms with van der Waals surface area (Å²) < 4.78 is 10.6. The van der Waals surface area contributed by atoms with Crippen molar-refractivity contribution in [3.63, 3.8) is 0 Å². The number of anilines is 1. The van der Waals surface area contributed by atoms with E-state index in [4.69, 9.17) is 21.7 Å². The SMILES string of the molecule is CCc1cccc(CC)c1NC(=S)NCCc1cc(OC)cc(OC)c1. The summed E-state index contributed by atoms with van der Waals surface area (Å²) in [5, 5.41) is 7.33. The Bertz CT molecular complexity index is 702. The molecule has 140 valence electrons. The number of nitrogens with one attached hydrogen (secondary N) is 2. The minimum absolute atomic E-state index is 0.649. The van der Waals surface area contributed by atoms with Crippen LogP contribution >= 0.6 is 12.2 Å². The molecule has 4 nitrogen and oxygen atoms in total. The fourth-order valence-electron chi connectivity index (χ4n) is 2.89. The molecule has 0 saturated carbocycles. The number of methoxy groups -OCH3 is 2. The molecule has 2 aromatic rings. The average Bonchev–Trinajstić information content (AvgIpc) is 2.67. The summed E-state index contributed by atoms with van der Waals surface area (Å²) in [6, 6.07) is 12.3. The molecule has 2 rings (SSSR count). The molecule has 0 atom stereocenters. The van der Waals surface area contributed by atoms with E-state index in [1.54, 1.807) is 14.2 Å².